The largest absolute Gasteiger partial charge is 0.317 e. The molecule has 0 bridgehead atoms. The highest BCUT2D eigenvalue weighted by atomic mass is 32.2. The first-order chi connectivity index (χ1) is 7.36. The Morgan fingerprint density at radius 3 is 2.67 bits per heavy atom. The van der Waals surface area contributed by atoms with E-state index >= 15 is 0 Å². The fraction of sp³-hybridized carbons (Fsp3) is 0.545. The Morgan fingerprint density at radius 1 is 1.33 bits per heavy atom. The quantitative estimate of drug-likeness (QED) is 0.835. The lowest BCUT2D eigenvalue weighted by atomic mass is 10.2. The third-order valence-corrected chi connectivity index (χ3v) is 4.55. The summed E-state index contributed by atoms with van der Waals surface area (Å²) in [7, 11) is -0.725. The van der Waals surface area contributed by atoms with Gasteiger partial charge in [0.05, 0.1) is 0 Å². The summed E-state index contributed by atoms with van der Waals surface area (Å²) in [5.41, 5.74) is 1.13. The van der Waals surface area contributed by atoms with Crippen LogP contribution in [0.5, 0.6) is 0 Å². The van der Waals surface area contributed by atoms with Crippen molar-refractivity contribution in [3.05, 3.63) is 30.1 Å². The number of nitrogens with one attached hydrogen (secondary N) is 1. The van der Waals surface area contributed by atoms with E-state index in [0.29, 0.717) is 11.0 Å². The van der Waals surface area contributed by atoms with Crippen molar-refractivity contribution in [2.75, 3.05) is 13.1 Å². The van der Waals surface area contributed by atoms with E-state index in [1.54, 1.807) is 12.4 Å². The number of piperidine rings is 1. The topological polar surface area (TPSA) is 42.0 Å². The summed E-state index contributed by atoms with van der Waals surface area (Å²) in [6.45, 7) is 2.01. The average Bonchev–Trinajstić information content (AvgIpc) is 2.31. The van der Waals surface area contributed by atoms with Gasteiger partial charge in [0.1, 0.15) is 0 Å². The van der Waals surface area contributed by atoms with Gasteiger partial charge in [-0.25, -0.2) is 0 Å². The van der Waals surface area contributed by atoms with E-state index in [1.807, 2.05) is 12.1 Å². The molecule has 1 N–H and O–H groups in total. The van der Waals surface area contributed by atoms with Crippen molar-refractivity contribution in [1.29, 1.82) is 0 Å². The maximum absolute atomic E-state index is 12.0. The molecule has 1 saturated heterocycles. The summed E-state index contributed by atoms with van der Waals surface area (Å²) < 4.78 is 12.0. The highest BCUT2D eigenvalue weighted by Crippen LogP contribution is 2.14. The van der Waals surface area contributed by atoms with Gasteiger partial charge in [-0.2, -0.15) is 0 Å². The molecule has 1 aromatic heterocycles. The molecular formula is C11H16N2OS. The van der Waals surface area contributed by atoms with E-state index in [-0.39, 0.29) is 0 Å². The Bertz CT molecular complexity index is 323. The van der Waals surface area contributed by atoms with E-state index in [2.05, 4.69) is 10.3 Å². The number of hydrogen-bond acceptors (Lipinski definition) is 3. The second kappa shape index (κ2) is 5.37. The zero-order valence-electron chi connectivity index (χ0n) is 8.69. The summed E-state index contributed by atoms with van der Waals surface area (Å²) >= 11 is 0. The molecule has 0 saturated carbocycles. The van der Waals surface area contributed by atoms with Gasteiger partial charge < -0.3 is 5.32 Å². The number of aromatic nitrogens is 1. The van der Waals surface area contributed by atoms with Crippen LogP contribution in [-0.4, -0.2) is 27.5 Å². The van der Waals surface area contributed by atoms with Crippen LogP contribution in [0.1, 0.15) is 18.4 Å². The standard InChI is InChI=1S/C11H16N2OS/c14-15(11-3-7-13-8-4-11)9-10-1-5-12-6-2-10/h1-2,5-6,11,13H,3-4,7-9H2/t15-/m0/s1. The molecule has 15 heavy (non-hydrogen) atoms. The molecule has 1 aliphatic heterocycles. The predicted octanol–water partition coefficient (Wildman–Crippen LogP) is 1.08. The van der Waals surface area contributed by atoms with Gasteiger partial charge in [0, 0.05) is 34.2 Å². The second-order valence-electron chi connectivity index (χ2n) is 3.83. The summed E-state index contributed by atoms with van der Waals surface area (Å²) in [5.74, 6) is 0.674. The predicted molar refractivity (Wildman–Crippen MR) is 62.0 cm³/mol. The van der Waals surface area contributed by atoms with Crippen molar-refractivity contribution in [1.82, 2.24) is 10.3 Å². The Hall–Kier alpha value is -0.740. The molecule has 0 spiro atoms. The highest BCUT2D eigenvalue weighted by Gasteiger charge is 2.19. The molecule has 0 aromatic carbocycles. The van der Waals surface area contributed by atoms with Crippen molar-refractivity contribution < 1.29 is 4.21 Å². The van der Waals surface area contributed by atoms with Crippen molar-refractivity contribution in [2.45, 2.75) is 23.8 Å². The van der Waals surface area contributed by atoms with Crippen LogP contribution in [0.25, 0.3) is 0 Å². The van der Waals surface area contributed by atoms with Crippen LogP contribution in [0.4, 0.5) is 0 Å². The summed E-state index contributed by atoms with van der Waals surface area (Å²) in [4.78, 5) is 3.96. The second-order valence-corrected chi connectivity index (χ2v) is 5.55. The third-order valence-electron chi connectivity index (χ3n) is 2.72. The minimum atomic E-state index is -0.725. The summed E-state index contributed by atoms with van der Waals surface area (Å²) in [5, 5.41) is 3.66. The molecule has 0 radical (unpaired) electrons. The maximum Gasteiger partial charge on any atom is 0.0489 e. The van der Waals surface area contributed by atoms with Gasteiger partial charge in [-0.05, 0) is 43.6 Å². The maximum atomic E-state index is 12.0. The third kappa shape index (κ3) is 3.11. The highest BCUT2D eigenvalue weighted by molar-refractivity contribution is 7.84. The lowest BCUT2D eigenvalue weighted by molar-refractivity contribution is 0.519. The minimum Gasteiger partial charge on any atom is -0.317 e. The molecule has 1 aromatic rings. The van der Waals surface area contributed by atoms with Crippen LogP contribution in [0, 0.1) is 0 Å². The normalized spacial score (nSPS) is 20.0. The molecule has 1 atom stereocenters. The molecule has 0 aliphatic carbocycles. The monoisotopic (exact) mass is 224 g/mol. The fourth-order valence-electron chi connectivity index (χ4n) is 1.82. The molecule has 2 heterocycles. The van der Waals surface area contributed by atoms with Gasteiger partial charge >= 0.3 is 0 Å². The summed E-state index contributed by atoms with van der Waals surface area (Å²) in [6.07, 6.45) is 5.60. The molecular weight excluding hydrogens is 208 g/mol. The molecule has 0 unspecified atom stereocenters. The van der Waals surface area contributed by atoms with Crippen molar-refractivity contribution in [2.24, 2.45) is 0 Å². The van der Waals surface area contributed by atoms with E-state index in [1.165, 1.54) is 0 Å². The van der Waals surface area contributed by atoms with Crippen LogP contribution < -0.4 is 5.32 Å². The number of hydrogen-bond donors (Lipinski definition) is 1. The van der Waals surface area contributed by atoms with Gasteiger partial charge in [0.2, 0.25) is 0 Å². The molecule has 0 amide bonds. The van der Waals surface area contributed by atoms with Gasteiger partial charge in [-0.15, -0.1) is 0 Å². The molecule has 1 fully saturated rings. The lowest BCUT2D eigenvalue weighted by Crippen LogP contribution is -2.33. The molecule has 4 heteroatoms. The number of nitrogens with zero attached hydrogens (tertiary/aromatic N) is 1. The van der Waals surface area contributed by atoms with E-state index < -0.39 is 10.8 Å². The van der Waals surface area contributed by atoms with E-state index in [0.717, 1.165) is 31.5 Å². The Labute approximate surface area is 92.8 Å². The van der Waals surface area contributed by atoms with Crippen molar-refractivity contribution in [3.63, 3.8) is 0 Å². The van der Waals surface area contributed by atoms with Gasteiger partial charge in [-0.3, -0.25) is 9.19 Å². The van der Waals surface area contributed by atoms with Crippen molar-refractivity contribution >= 4 is 10.8 Å². The Morgan fingerprint density at radius 2 is 2.00 bits per heavy atom. The molecule has 2 rings (SSSR count). The lowest BCUT2D eigenvalue weighted by Gasteiger charge is -2.21. The van der Waals surface area contributed by atoms with Crippen LogP contribution >= 0.6 is 0 Å². The smallest absolute Gasteiger partial charge is 0.0489 e. The zero-order valence-corrected chi connectivity index (χ0v) is 9.50. The average molecular weight is 224 g/mol. The molecule has 82 valence electrons. The van der Waals surface area contributed by atoms with Gasteiger partial charge in [-0.1, -0.05) is 0 Å². The number of pyridine rings is 1. The Kier molecular flexibility index (Phi) is 3.86. The fourth-order valence-corrected chi connectivity index (χ4v) is 3.34. The van der Waals surface area contributed by atoms with Crippen LogP contribution in [0.2, 0.25) is 0 Å². The first-order valence-electron chi connectivity index (χ1n) is 5.33. The van der Waals surface area contributed by atoms with Crippen molar-refractivity contribution in [3.8, 4) is 0 Å². The number of rotatable bonds is 3. The molecule has 1 aliphatic rings. The van der Waals surface area contributed by atoms with Crippen LogP contribution in [0.15, 0.2) is 24.5 Å². The minimum absolute atomic E-state index is 0.374. The SMILES string of the molecule is O=[S@@](Cc1ccncc1)C1CCNCC1. The van der Waals surface area contributed by atoms with Crippen LogP contribution in [-0.2, 0) is 16.6 Å². The van der Waals surface area contributed by atoms with E-state index in [4.69, 9.17) is 0 Å². The van der Waals surface area contributed by atoms with Crippen LogP contribution in [0.3, 0.4) is 0 Å². The van der Waals surface area contributed by atoms with Gasteiger partial charge in [0.25, 0.3) is 0 Å². The zero-order chi connectivity index (χ0) is 10.5. The summed E-state index contributed by atoms with van der Waals surface area (Å²) in [6, 6.07) is 3.89. The Balaban J connectivity index is 1.91. The first-order valence-corrected chi connectivity index (χ1v) is 6.71. The first kappa shape index (κ1) is 10.8. The van der Waals surface area contributed by atoms with E-state index in [9.17, 15) is 4.21 Å². The van der Waals surface area contributed by atoms with Gasteiger partial charge in [0.15, 0.2) is 0 Å². The molecule has 3 nitrogen and oxygen atoms in total.